The highest BCUT2D eigenvalue weighted by Crippen LogP contribution is 2.32. The van der Waals surface area contributed by atoms with Gasteiger partial charge in [0, 0.05) is 53.2 Å². The molecule has 0 N–H and O–H groups in total. The van der Waals surface area contributed by atoms with Gasteiger partial charge < -0.3 is 37.9 Å². The number of esters is 2. The van der Waals surface area contributed by atoms with Crippen molar-refractivity contribution in [1.29, 1.82) is 0 Å². The normalized spacial score (nSPS) is 13.6. The van der Waals surface area contributed by atoms with Crippen molar-refractivity contribution >= 4 is 32.0 Å². The zero-order valence-electron chi connectivity index (χ0n) is 49.5. The average Bonchev–Trinajstić information content (AvgIpc) is 3.71. The van der Waals surface area contributed by atoms with Crippen LogP contribution < -0.4 is 18.9 Å². The Morgan fingerprint density at radius 1 is 0.429 bits per heavy atom. The molecule has 0 saturated carbocycles. The summed E-state index contributed by atoms with van der Waals surface area (Å²) < 4.78 is 105. The van der Waals surface area contributed by atoms with Crippen LogP contribution >= 0.6 is 0 Å². The molecule has 0 aliphatic rings. The third kappa shape index (κ3) is 20.5. The van der Waals surface area contributed by atoms with Crippen molar-refractivity contribution in [1.82, 2.24) is 8.61 Å². The molecule has 0 aromatic heterocycles. The van der Waals surface area contributed by atoms with E-state index in [1.54, 1.807) is 89.1 Å². The summed E-state index contributed by atoms with van der Waals surface area (Å²) in [6.45, 7) is 12.1. The number of sulfonamides is 2. The fourth-order valence-electron chi connectivity index (χ4n) is 9.49. The van der Waals surface area contributed by atoms with E-state index < -0.39 is 54.7 Å². The molecule has 0 saturated heterocycles. The van der Waals surface area contributed by atoms with Crippen LogP contribution in [0.2, 0.25) is 0 Å². The first kappa shape index (κ1) is 67.5. The largest absolute Gasteiger partial charge is 0.497 e. The van der Waals surface area contributed by atoms with Gasteiger partial charge in [-0.1, -0.05) is 111 Å². The molecular formula is C66H82N2O14S2. The molecule has 0 radical (unpaired) electrons. The molecule has 0 unspecified atom stereocenters. The molecule has 0 spiro atoms. The number of ether oxygens (including phenoxy) is 8. The van der Waals surface area contributed by atoms with Gasteiger partial charge in [-0.2, -0.15) is 8.61 Å². The topological polar surface area (TPSA) is 183 Å². The van der Waals surface area contributed by atoms with Crippen molar-refractivity contribution in [2.24, 2.45) is 11.8 Å². The predicted octanol–water partition coefficient (Wildman–Crippen LogP) is 11.8. The quantitative estimate of drug-likeness (QED) is 0.0275. The summed E-state index contributed by atoms with van der Waals surface area (Å²) in [5, 5.41) is -1.76. The number of nitrogens with zero attached hydrogens (tertiary/aromatic N) is 2. The van der Waals surface area contributed by atoms with Gasteiger partial charge in [0.05, 0.1) is 63.3 Å². The molecule has 16 nitrogen and oxygen atoms in total. The Hall–Kier alpha value is -7.32. The molecule has 0 aliphatic heterocycles. The first-order valence-corrected chi connectivity index (χ1v) is 30.6. The van der Waals surface area contributed by atoms with Crippen molar-refractivity contribution in [2.75, 3.05) is 55.9 Å². The minimum Gasteiger partial charge on any atom is -0.497 e. The number of allylic oxidation sites excluding steroid dienone is 2. The Kier molecular flexibility index (Phi) is 27.7. The van der Waals surface area contributed by atoms with E-state index in [1.807, 2.05) is 123 Å². The summed E-state index contributed by atoms with van der Waals surface area (Å²) in [4.78, 5) is 25.8. The van der Waals surface area contributed by atoms with Gasteiger partial charge in [0.2, 0.25) is 20.0 Å². The standard InChI is InChI=1S/2C33H41NO7S/c2*1-6-10-25(2)32(21-31(24-38-3)41-33(35)28-11-8-7-9-12-28)42(36,37)34(22-26-13-17-29(39-4)18-14-26)23-27-15-19-30(40-5)20-16-27/h2*6-9,11-20,25,31-32H,1,10,21-24H2,2-5H3/t25-,31+,32+;25-,31+,32-/m00/s1. The van der Waals surface area contributed by atoms with Gasteiger partial charge in [0.15, 0.2) is 0 Å². The van der Waals surface area contributed by atoms with Crippen molar-refractivity contribution < 1.29 is 64.3 Å². The maximum Gasteiger partial charge on any atom is 0.338 e. The van der Waals surface area contributed by atoms with E-state index in [2.05, 4.69) is 13.2 Å². The minimum atomic E-state index is -3.95. The van der Waals surface area contributed by atoms with Crippen LogP contribution in [0.1, 0.15) is 82.5 Å². The second-order valence-corrected chi connectivity index (χ2v) is 24.6. The lowest BCUT2D eigenvalue weighted by atomic mass is 9.99. The van der Waals surface area contributed by atoms with E-state index in [4.69, 9.17) is 37.9 Å². The Bertz CT molecular complexity index is 2840. The lowest BCUT2D eigenvalue weighted by molar-refractivity contribution is 0.00105. The molecule has 452 valence electrons. The van der Waals surface area contributed by atoms with E-state index in [9.17, 15) is 26.4 Å². The summed E-state index contributed by atoms with van der Waals surface area (Å²) in [6.07, 6.45) is 2.93. The molecule has 6 aromatic carbocycles. The van der Waals surface area contributed by atoms with Gasteiger partial charge in [0.25, 0.3) is 0 Å². The number of hydrogen-bond acceptors (Lipinski definition) is 14. The lowest BCUT2D eigenvalue weighted by Gasteiger charge is -2.33. The minimum absolute atomic E-state index is 0.0579. The monoisotopic (exact) mass is 1190 g/mol. The average molecular weight is 1190 g/mol. The number of hydrogen-bond donors (Lipinski definition) is 0. The van der Waals surface area contributed by atoms with Crippen LogP contribution in [-0.2, 0) is 65.2 Å². The molecular weight excluding hydrogens is 1110 g/mol. The van der Waals surface area contributed by atoms with Crippen molar-refractivity contribution in [3.05, 3.63) is 216 Å². The van der Waals surface area contributed by atoms with Gasteiger partial charge in [-0.05, 0) is 120 Å². The van der Waals surface area contributed by atoms with Crippen LogP contribution in [0.4, 0.5) is 0 Å². The molecule has 0 bridgehead atoms. The first-order chi connectivity index (χ1) is 40.4. The highest BCUT2D eigenvalue weighted by molar-refractivity contribution is 7.90. The van der Waals surface area contributed by atoms with E-state index in [0.29, 0.717) is 47.0 Å². The van der Waals surface area contributed by atoms with E-state index >= 15 is 0 Å². The molecule has 0 heterocycles. The van der Waals surface area contributed by atoms with Crippen LogP contribution in [0.15, 0.2) is 183 Å². The molecule has 0 amide bonds. The van der Waals surface area contributed by atoms with E-state index in [-0.39, 0.29) is 64.1 Å². The van der Waals surface area contributed by atoms with Crippen LogP contribution in [-0.4, -0.2) is 116 Å². The van der Waals surface area contributed by atoms with Crippen molar-refractivity contribution in [3.8, 4) is 23.0 Å². The molecule has 0 fully saturated rings. The second kappa shape index (κ2) is 34.5. The van der Waals surface area contributed by atoms with Gasteiger partial charge in [-0.25, -0.2) is 26.4 Å². The van der Waals surface area contributed by atoms with Crippen LogP contribution in [0.25, 0.3) is 0 Å². The Morgan fingerprint density at radius 2 is 0.690 bits per heavy atom. The number of methoxy groups -OCH3 is 6. The first-order valence-electron chi connectivity index (χ1n) is 27.6. The molecule has 0 aliphatic carbocycles. The Labute approximate surface area is 498 Å². The predicted molar refractivity (Wildman–Crippen MR) is 328 cm³/mol. The lowest BCUT2D eigenvalue weighted by Crippen LogP contribution is -2.44. The highest BCUT2D eigenvalue weighted by Gasteiger charge is 2.40. The van der Waals surface area contributed by atoms with Gasteiger partial charge in [0.1, 0.15) is 35.2 Å². The van der Waals surface area contributed by atoms with E-state index in [1.165, 1.54) is 22.8 Å². The maximum atomic E-state index is 14.6. The van der Waals surface area contributed by atoms with Crippen molar-refractivity contribution in [3.63, 3.8) is 0 Å². The van der Waals surface area contributed by atoms with Crippen molar-refractivity contribution in [2.45, 2.75) is 88.4 Å². The summed E-state index contributed by atoms with van der Waals surface area (Å²) in [6, 6.07) is 46.5. The SMILES string of the molecule is C=CC[C@H](C)[C@@H](C[C@H](COC)OC(=O)c1ccccc1)S(=O)(=O)N(Cc1ccc(OC)cc1)Cc1ccc(OC)cc1.C=CC[C@H](C)[C@H](C[C@H](COC)OC(=O)c1ccccc1)S(=O)(=O)N(Cc1ccc(OC)cc1)Cc1ccc(OC)cc1. The van der Waals surface area contributed by atoms with Crippen LogP contribution in [0.3, 0.4) is 0 Å². The molecule has 6 aromatic rings. The highest BCUT2D eigenvalue weighted by atomic mass is 32.2. The Morgan fingerprint density at radius 3 is 0.917 bits per heavy atom. The summed E-state index contributed by atoms with van der Waals surface area (Å²) >= 11 is 0. The van der Waals surface area contributed by atoms with Crippen LogP contribution in [0.5, 0.6) is 23.0 Å². The molecule has 6 rings (SSSR count). The fourth-order valence-corrected chi connectivity index (χ4v) is 13.9. The van der Waals surface area contributed by atoms with Gasteiger partial charge in [-0.3, -0.25) is 0 Å². The Balaban J connectivity index is 0.000000307. The molecule has 6 atom stereocenters. The van der Waals surface area contributed by atoms with Crippen LogP contribution in [0, 0.1) is 11.8 Å². The summed E-state index contributed by atoms with van der Waals surface area (Å²) in [7, 11) is 1.44. The van der Waals surface area contributed by atoms with Gasteiger partial charge >= 0.3 is 11.9 Å². The molecule has 18 heteroatoms. The molecule has 84 heavy (non-hydrogen) atoms. The zero-order chi connectivity index (χ0) is 61.1. The number of carbonyl (C=O) groups is 2. The third-order valence-corrected chi connectivity index (χ3v) is 19.0. The number of benzene rings is 6. The number of rotatable bonds is 34. The van der Waals surface area contributed by atoms with E-state index in [0.717, 1.165) is 22.3 Å². The third-order valence-electron chi connectivity index (χ3n) is 14.2. The zero-order valence-corrected chi connectivity index (χ0v) is 51.2. The number of carbonyl (C=O) groups excluding carboxylic acids is 2. The van der Waals surface area contributed by atoms with Gasteiger partial charge in [-0.15, -0.1) is 13.2 Å². The summed E-state index contributed by atoms with van der Waals surface area (Å²) in [5.41, 5.74) is 4.02. The fraction of sp³-hybridized carbons (Fsp3) is 0.364. The second-order valence-electron chi connectivity index (χ2n) is 20.3. The summed E-state index contributed by atoms with van der Waals surface area (Å²) in [5.74, 6) is 1.06. The maximum absolute atomic E-state index is 14.6. The smallest absolute Gasteiger partial charge is 0.338 e.